The number of carbonyl (C=O) groups excluding carboxylic acids is 1. The average Bonchev–Trinajstić information content (AvgIpc) is 3.05. The minimum absolute atomic E-state index is 0.0843. The van der Waals surface area contributed by atoms with E-state index in [0.29, 0.717) is 11.3 Å². The summed E-state index contributed by atoms with van der Waals surface area (Å²) in [7, 11) is -3.94. The molecule has 1 aromatic heterocycles. The van der Waals surface area contributed by atoms with Crippen molar-refractivity contribution >= 4 is 15.9 Å². The lowest BCUT2D eigenvalue weighted by Gasteiger charge is -2.12. The van der Waals surface area contributed by atoms with Gasteiger partial charge in [0, 0.05) is 18.3 Å². The molecule has 23 heavy (non-hydrogen) atoms. The van der Waals surface area contributed by atoms with Crippen LogP contribution in [0.15, 0.2) is 41.7 Å². The van der Waals surface area contributed by atoms with Gasteiger partial charge in [0.15, 0.2) is 0 Å². The first-order valence-electron chi connectivity index (χ1n) is 6.47. The number of benzene rings is 1. The summed E-state index contributed by atoms with van der Waals surface area (Å²) in [5, 5.41) is 8.68. The van der Waals surface area contributed by atoms with Crippen LogP contribution in [-0.4, -0.2) is 30.3 Å². The number of H-pyrrole nitrogens is 1. The van der Waals surface area contributed by atoms with Crippen LogP contribution in [0.5, 0.6) is 0 Å². The van der Waals surface area contributed by atoms with Gasteiger partial charge in [0.25, 0.3) is 15.9 Å². The second-order valence-electron chi connectivity index (χ2n) is 4.62. The minimum Gasteiger partial charge on any atom is -0.348 e. The molecule has 2 rings (SSSR count). The lowest BCUT2D eigenvalue weighted by Crippen LogP contribution is -2.49. The molecule has 1 atom stereocenters. The standard InChI is InChI=1S/C13H14N6O3S/c14-6-9-1-3-11(4-2-9)23(21,22)19-18-13(20)12(15)5-10-7-16-8-17-10/h1-4,7-8,12,19H,5,15H2,(H,16,17)(H,18,20)/t12-/m0/s1. The first-order valence-corrected chi connectivity index (χ1v) is 7.95. The highest BCUT2D eigenvalue weighted by Crippen LogP contribution is 2.09. The van der Waals surface area contributed by atoms with Crippen molar-refractivity contribution in [3.05, 3.63) is 48.0 Å². The Labute approximate surface area is 132 Å². The summed E-state index contributed by atoms with van der Waals surface area (Å²) in [4.78, 5) is 20.3. The summed E-state index contributed by atoms with van der Waals surface area (Å²) in [6, 6.07) is 6.18. The number of aromatic nitrogens is 2. The molecule has 0 fully saturated rings. The third-order valence-electron chi connectivity index (χ3n) is 2.93. The monoisotopic (exact) mass is 334 g/mol. The van der Waals surface area contributed by atoms with Gasteiger partial charge in [-0.2, -0.15) is 5.26 Å². The Morgan fingerprint density at radius 1 is 1.39 bits per heavy atom. The predicted molar refractivity (Wildman–Crippen MR) is 79.9 cm³/mol. The molecule has 9 nitrogen and oxygen atoms in total. The van der Waals surface area contributed by atoms with E-state index in [1.54, 1.807) is 0 Å². The van der Waals surface area contributed by atoms with Crippen LogP contribution in [0.2, 0.25) is 0 Å². The average molecular weight is 334 g/mol. The third-order valence-corrected chi connectivity index (χ3v) is 4.20. The van der Waals surface area contributed by atoms with E-state index in [9.17, 15) is 13.2 Å². The first-order chi connectivity index (χ1) is 10.9. The number of nitrogens with one attached hydrogen (secondary N) is 3. The zero-order chi connectivity index (χ0) is 16.9. The van der Waals surface area contributed by atoms with Crippen molar-refractivity contribution in [2.24, 2.45) is 5.73 Å². The van der Waals surface area contributed by atoms with Crippen molar-refractivity contribution in [3.63, 3.8) is 0 Å². The molecule has 0 saturated heterocycles. The number of hydrogen-bond donors (Lipinski definition) is 4. The molecule has 0 saturated carbocycles. The predicted octanol–water partition coefficient (Wildman–Crippen LogP) is -0.839. The summed E-state index contributed by atoms with van der Waals surface area (Å²) in [6.07, 6.45) is 3.16. The molecular weight excluding hydrogens is 320 g/mol. The zero-order valence-corrected chi connectivity index (χ0v) is 12.7. The summed E-state index contributed by atoms with van der Waals surface area (Å²) < 4.78 is 24.0. The molecule has 1 aromatic carbocycles. The van der Waals surface area contributed by atoms with E-state index >= 15 is 0 Å². The Balaban J connectivity index is 1.95. The molecule has 0 radical (unpaired) electrons. The lowest BCUT2D eigenvalue weighted by atomic mass is 10.2. The minimum atomic E-state index is -3.94. The van der Waals surface area contributed by atoms with Crippen molar-refractivity contribution in [1.29, 1.82) is 5.26 Å². The van der Waals surface area contributed by atoms with Gasteiger partial charge < -0.3 is 10.7 Å². The summed E-state index contributed by atoms with van der Waals surface area (Å²) in [5.74, 6) is -0.683. The number of sulfonamides is 1. The molecule has 10 heteroatoms. The van der Waals surface area contributed by atoms with Gasteiger partial charge >= 0.3 is 0 Å². The van der Waals surface area contributed by atoms with Crippen LogP contribution in [0.4, 0.5) is 0 Å². The molecule has 5 N–H and O–H groups in total. The van der Waals surface area contributed by atoms with Crippen molar-refractivity contribution in [2.45, 2.75) is 17.4 Å². The molecule has 0 bridgehead atoms. The number of hydrazine groups is 1. The molecule has 120 valence electrons. The van der Waals surface area contributed by atoms with E-state index in [2.05, 4.69) is 15.4 Å². The fraction of sp³-hybridized carbons (Fsp3) is 0.154. The van der Waals surface area contributed by atoms with Crippen molar-refractivity contribution in [1.82, 2.24) is 20.2 Å². The summed E-state index contributed by atoms with van der Waals surface area (Å²) in [5.41, 5.74) is 8.73. The molecule has 0 aliphatic heterocycles. The maximum absolute atomic E-state index is 12.0. The van der Waals surface area contributed by atoms with Crippen LogP contribution in [0.25, 0.3) is 0 Å². The van der Waals surface area contributed by atoms with E-state index in [1.807, 2.05) is 10.9 Å². The summed E-state index contributed by atoms with van der Waals surface area (Å²) in [6.45, 7) is 0. The summed E-state index contributed by atoms with van der Waals surface area (Å²) >= 11 is 0. The Kier molecular flexibility index (Phi) is 5.07. The van der Waals surface area contributed by atoms with Gasteiger partial charge in [0.2, 0.25) is 0 Å². The van der Waals surface area contributed by atoms with E-state index < -0.39 is 22.0 Å². The number of nitrogens with zero attached hydrogens (tertiary/aromatic N) is 2. The van der Waals surface area contributed by atoms with Crippen LogP contribution in [0.1, 0.15) is 11.3 Å². The van der Waals surface area contributed by atoms with Crippen LogP contribution < -0.4 is 16.0 Å². The van der Waals surface area contributed by atoms with Crippen molar-refractivity contribution in [3.8, 4) is 6.07 Å². The SMILES string of the molecule is N#Cc1ccc(S(=O)(=O)NNC(=O)[C@@H](N)Cc2cnc[nH]2)cc1. The van der Waals surface area contributed by atoms with E-state index in [1.165, 1.54) is 36.8 Å². The molecule has 0 aliphatic rings. The van der Waals surface area contributed by atoms with Crippen LogP contribution in [0, 0.1) is 11.3 Å². The zero-order valence-electron chi connectivity index (χ0n) is 11.9. The topological polar surface area (TPSA) is 154 Å². The van der Waals surface area contributed by atoms with Crippen LogP contribution in [-0.2, 0) is 21.2 Å². The number of nitrogens with two attached hydrogens (primary N) is 1. The number of amides is 1. The van der Waals surface area contributed by atoms with Gasteiger partial charge in [-0.3, -0.25) is 10.2 Å². The van der Waals surface area contributed by atoms with Crippen LogP contribution >= 0.6 is 0 Å². The Morgan fingerprint density at radius 2 is 2.09 bits per heavy atom. The number of carbonyl (C=O) groups is 1. The fourth-order valence-corrected chi connectivity index (χ4v) is 2.55. The van der Waals surface area contributed by atoms with Gasteiger partial charge in [-0.05, 0) is 24.3 Å². The van der Waals surface area contributed by atoms with Gasteiger partial charge in [-0.1, -0.05) is 0 Å². The van der Waals surface area contributed by atoms with Crippen LogP contribution in [0.3, 0.4) is 0 Å². The largest absolute Gasteiger partial charge is 0.348 e. The number of imidazole rings is 1. The number of rotatable bonds is 6. The highest BCUT2D eigenvalue weighted by molar-refractivity contribution is 7.89. The maximum Gasteiger partial charge on any atom is 0.257 e. The van der Waals surface area contributed by atoms with E-state index in [0.717, 1.165) is 0 Å². The second kappa shape index (κ2) is 7.01. The van der Waals surface area contributed by atoms with Gasteiger partial charge in [0.1, 0.15) is 0 Å². The molecule has 1 amide bonds. The Morgan fingerprint density at radius 3 is 2.65 bits per heavy atom. The molecule has 0 aliphatic carbocycles. The second-order valence-corrected chi connectivity index (χ2v) is 6.30. The Hall–Kier alpha value is -2.74. The van der Waals surface area contributed by atoms with Crippen molar-refractivity contribution in [2.75, 3.05) is 0 Å². The third kappa shape index (κ3) is 4.36. The number of nitriles is 1. The quantitative estimate of drug-likeness (QED) is 0.505. The first kappa shape index (κ1) is 16.6. The number of hydrogen-bond acceptors (Lipinski definition) is 6. The molecule has 1 heterocycles. The fourth-order valence-electron chi connectivity index (χ4n) is 1.70. The highest BCUT2D eigenvalue weighted by Gasteiger charge is 2.19. The normalized spacial score (nSPS) is 12.3. The molecular formula is C13H14N6O3S. The number of aromatic amines is 1. The smallest absolute Gasteiger partial charge is 0.257 e. The van der Waals surface area contributed by atoms with Gasteiger partial charge in [0.05, 0.1) is 28.9 Å². The Bertz CT molecular complexity index is 808. The van der Waals surface area contributed by atoms with E-state index in [4.69, 9.17) is 11.0 Å². The lowest BCUT2D eigenvalue weighted by molar-refractivity contribution is -0.122. The van der Waals surface area contributed by atoms with Gasteiger partial charge in [-0.25, -0.2) is 13.4 Å². The molecule has 0 spiro atoms. The highest BCUT2D eigenvalue weighted by atomic mass is 32.2. The van der Waals surface area contributed by atoms with E-state index in [-0.39, 0.29) is 11.3 Å². The van der Waals surface area contributed by atoms with Gasteiger partial charge in [-0.15, -0.1) is 4.83 Å². The maximum atomic E-state index is 12.0. The van der Waals surface area contributed by atoms with Crippen molar-refractivity contribution < 1.29 is 13.2 Å². The molecule has 2 aromatic rings. The molecule has 0 unspecified atom stereocenters.